The normalized spacial score (nSPS) is 15.9. The van der Waals surface area contributed by atoms with Crippen LogP contribution in [0.2, 0.25) is 0 Å². The van der Waals surface area contributed by atoms with Gasteiger partial charge in [-0.1, -0.05) is 100 Å². The molecule has 0 radical (unpaired) electrons. The number of hydrogen-bond donors (Lipinski definition) is 0. The van der Waals surface area contributed by atoms with Gasteiger partial charge < -0.3 is 0 Å². The van der Waals surface area contributed by atoms with E-state index in [0.29, 0.717) is 5.56 Å². The maximum Gasteiger partial charge on any atom is 0.416 e. The highest BCUT2D eigenvalue weighted by Crippen LogP contribution is 2.55. The zero-order valence-electron chi connectivity index (χ0n) is 23.8. The van der Waals surface area contributed by atoms with E-state index in [1.165, 1.54) is 34.4 Å². The maximum atomic E-state index is 13.6. The van der Waals surface area contributed by atoms with Gasteiger partial charge in [0.1, 0.15) is 0 Å². The van der Waals surface area contributed by atoms with Crippen LogP contribution < -0.4 is 0 Å². The Kier molecular flexibility index (Phi) is 4.87. The van der Waals surface area contributed by atoms with Crippen LogP contribution in [0.4, 0.5) is 13.2 Å². The van der Waals surface area contributed by atoms with E-state index in [0.717, 1.165) is 49.5 Å². The Morgan fingerprint density at radius 1 is 0.524 bits per heavy atom. The molecule has 5 aromatic carbocycles. The number of fused-ring (bicyclic) bond motifs is 10. The summed E-state index contributed by atoms with van der Waals surface area (Å²) in [5, 5.41) is 4.31. The molecule has 0 amide bonds. The molecular weight excluding hydrogens is 527 g/mol. The molecule has 0 unspecified atom stereocenters. The van der Waals surface area contributed by atoms with Gasteiger partial charge in [-0.25, -0.2) is 0 Å². The number of aromatic nitrogens is 1. The largest absolute Gasteiger partial charge is 0.416 e. The summed E-state index contributed by atoms with van der Waals surface area (Å²) in [6.45, 7) is 8.79. The Balaban J connectivity index is 1.37. The van der Waals surface area contributed by atoms with Crippen molar-refractivity contribution in [2.24, 2.45) is 0 Å². The quantitative estimate of drug-likeness (QED) is 0.184. The number of pyridine rings is 1. The Labute approximate surface area is 242 Å². The van der Waals surface area contributed by atoms with Crippen LogP contribution in [-0.2, 0) is 17.0 Å². The highest BCUT2D eigenvalue weighted by molar-refractivity contribution is 6.14. The van der Waals surface area contributed by atoms with E-state index >= 15 is 0 Å². The van der Waals surface area contributed by atoms with E-state index in [4.69, 9.17) is 4.98 Å². The standard InChI is InChI=1S/C38H28F3N/c1-36(2)31-11-6-5-8-24(31)25-9-7-10-29(34(25)36)35-28-16-15-26-22(23(28)18-19-42-35)13-14-27-30-20-21(38(39,40)41)12-17-32(30)37(3,4)33(26)27/h5-20H,1-4H3. The topological polar surface area (TPSA) is 12.9 Å². The van der Waals surface area contributed by atoms with Gasteiger partial charge in [-0.05, 0) is 78.9 Å². The number of alkyl halides is 3. The van der Waals surface area contributed by atoms with Crippen molar-refractivity contribution < 1.29 is 13.2 Å². The molecular formula is C38H28F3N. The van der Waals surface area contributed by atoms with Gasteiger partial charge in [-0.15, -0.1) is 0 Å². The van der Waals surface area contributed by atoms with Gasteiger partial charge >= 0.3 is 6.18 Å². The van der Waals surface area contributed by atoms with Crippen LogP contribution in [0.5, 0.6) is 0 Å². The summed E-state index contributed by atoms with van der Waals surface area (Å²) in [4.78, 5) is 4.95. The lowest BCUT2D eigenvalue weighted by molar-refractivity contribution is -0.137. The summed E-state index contributed by atoms with van der Waals surface area (Å²) in [6, 6.07) is 29.7. The van der Waals surface area contributed by atoms with E-state index in [-0.39, 0.29) is 5.41 Å². The molecule has 206 valence electrons. The minimum Gasteiger partial charge on any atom is -0.256 e. The molecule has 4 heteroatoms. The van der Waals surface area contributed by atoms with Crippen molar-refractivity contribution in [2.75, 3.05) is 0 Å². The minimum absolute atomic E-state index is 0.172. The third-order valence-electron chi connectivity index (χ3n) is 9.71. The van der Waals surface area contributed by atoms with Gasteiger partial charge in [0.15, 0.2) is 0 Å². The van der Waals surface area contributed by atoms with Crippen molar-refractivity contribution in [3.63, 3.8) is 0 Å². The molecule has 0 bridgehead atoms. The van der Waals surface area contributed by atoms with E-state index in [1.807, 2.05) is 12.3 Å². The second kappa shape index (κ2) is 8.10. The van der Waals surface area contributed by atoms with E-state index in [1.54, 1.807) is 6.07 Å². The van der Waals surface area contributed by atoms with Crippen LogP contribution in [0.25, 0.3) is 55.1 Å². The van der Waals surface area contributed by atoms with E-state index in [2.05, 4.69) is 94.4 Å². The van der Waals surface area contributed by atoms with Crippen molar-refractivity contribution in [3.8, 4) is 33.5 Å². The molecule has 0 atom stereocenters. The number of hydrogen-bond acceptors (Lipinski definition) is 1. The maximum absolute atomic E-state index is 13.6. The third kappa shape index (κ3) is 3.18. The molecule has 0 saturated carbocycles. The predicted octanol–water partition coefficient (Wildman–Crippen LogP) is 10.7. The predicted molar refractivity (Wildman–Crippen MR) is 165 cm³/mol. The Morgan fingerprint density at radius 3 is 1.95 bits per heavy atom. The van der Waals surface area contributed by atoms with Crippen LogP contribution in [0.15, 0.2) is 97.2 Å². The molecule has 0 fully saturated rings. The number of rotatable bonds is 1. The first-order valence-corrected chi connectivity index (χ1v) is 14.3. The second-order valence-electron chi connectivity index (χ2n) is 12.7. The van der Waals surface area contributed by atoms with Crippen molar-refractivity contribution in [1.82, 2.24) is 4.98 Å². The molecule has 1 nitrogen and oxygen atoms in total. The molecule has 0 saturated heterocycles. The molecule has 0 aliphatic heterocycles. The minimum atomic E-state index is -4.38. The van der Waals surface area contributed by atoms with Crippen LogP contribution in [0.3, 0.4) is 0 Å². The number of halogens is 3. The molecule has 42 heavy (non-hydrogen) atoms. The first kappa shape index (κ1) is 25.3. The van der Waals surface area contributed by atoms with Crippen LogP contribution in [-0.4, -0.2) is 4.98 Å². The summed E-state index contributed by atoms with van der Waals surface area (Å²) < 4.78 is 40.9. The van der Waals surface area contributed by atoms with Crippen molar-refractivity contribution in [2.45, 2.75) is 44.7 Å². The summed E-state index contributed by atoms with van der Waals surface area (Å²) in [5.74, 6) is 0. The number of nitrogens with zero attached hydrogens (tertiary/aromatic N) is 1. The first-order chi connectivity index (χ1) is 20.0. The highest BCUT2D eigenvalue weighted by atomic mass is 19.4. The fourth-order valence-corrected chi connectivity index (χ4v) is 7.85. The Bertz CT molecular complexity index is 2130. The van der Waals surface area contributed by atoms with E-state index in [9.17, 15) is 13.2 Å². The van der Waals surface area contributed by atoms with Crippen molar-refractivity contribution in [3.05, 3.63) is 125 Å². The van der Waals surface area contributed by atoms with Gasteiger partial charge in [0.05, 0.1) is 11.3 Å². The lowest BCUT2D eigenvalue weighted by Gasteiger charge is -2.25. The molecule has 0 N–H and O–H groups in total. The molecule has 2 aliphatic rings. The van der Waals surface area contributed by atoms with Crippen molar-refractivity contribution in [1.29, 1.82) is 0 Å². The lowest BCUT2D eigenvalue weighted by Crippen LogP contribution is -2.16. The summed E-state index contributed by atoms with van der Waals surface area (Å²) in [6.07, 6.45) is -2.50. The average molecular weight is 556 g/mol. The highest BCUT2D eigenvalue weighted by Gasteiger charge is 2.40. The number of benzene rings is 5. The fraction of sp³-hybridized carbons (Fsp3) is 0.184. The first-order valence-electron chi connectivity index (χ1n) is 14.3. The smallest absolute Gasteiger partial charge is 0.256 e. The van der Waals surface area contributed by atoms with Gasteiger partial charge in [0.25, 0.3) is 0 Å². The van der Waals surface area contributed by atoms with Crippen LogP contribution in [0, 0.1) is 0 Å². The van der Waals surface area contributed by atoms with Gasteiger partial charge in [-0.3, -0.25) is 4.98 Å². The molecule has 1 heterocycles. The average Bonchev–Trinajstić information content (AvgIpc) is 3.36. The SMILES string of the molecule is CC1(C)c2ccccc2-c2cccc(-c3nccc4c3ccc3c5c(ccc34)-c3cc(C(F)(F)F)ccc3C5(C)C)c21. The van der Waals surface area contributed by atoms with Gasteiger partial charge in [0, 0.05) is 28.0 Å². The summed E-state index contributed by atoms with van der Waals surface area (Å²) in [5.41, 5.74) is 9.55. The second-order valence-corrected chi connectivity index (χ2v) is 12.7. The summed E-state index contributed by atoms with van der Waals surface area (Å²) >= 11 is 0. The zero-order valence-corrected chi connectivity index (χ0v) is 23.8. The molecule has 6 aromatic rings. The van der Waals surface area contributed by atoms with Crippen LogP contribution >= 0.6 is 0 Å². The zero-order chi connectivity index (χ0) is 29.2. The van der Waals surface area contributed by atoms with Crippen molar-refractivity contribution >= 4 is 21.5 Å². The van der Waals surface area contributed by atoms with Gasteiger partial charge in [0.2, 0.25) is 0 Å². The molecule has 0 spiro atoms. The van der Waals surface area contributed by atoms with Gasteiger partial charge in [-0.2, -0.15) is 13.2 Å². The monoisotopic (exact) mass is 555 g/mol. The summed E-state index contributed by atoms with van der Waals surface area (Å²) in [7, 11) is 0. The Morgan fingerprint density at radius 2 is 1.14 bits per heavy atom. The third-order valence-corrected chi connectivity index (χ3v) is 9.71. The molecule has 8 rings (SSSR count). The van der Waals surface area contributed by atoms with E-state index < -0.39 is 17.2 Å². The fourth-order valence-electron chi connectivity index (χ4n) is 7.85. The molecule has 2 aliphatic carbocycles. The lowest BCUT2D eigenvalue weighted by atomic mass is 9.78. The molecule has 1 aromatic heterocycles. The Hall–Kier alpha value is -4.44. The van der Waals surface area contributed by atoms with Crippen LogP contribution in [0.1, 0.15) is 55.5 Å².